The number of rotatable bonds is 3. The Hall–Kier alpha value is -2.66. The van der Waals surface area contributed by atoms with Crippen LogP contribution >= 0.6 is 11.6 Å². The molecule has 3 aromatic rings. The molecule has 0 bridgehead atoms. The number of halogens is 1. The largest absolute Gasteiger partial charge is 0.323 e. The molecule has 1 aliphatic rings. The topological polar surface area (TPSA) is 54.7 Å². The summed E-state index contributed by atoms with van der Waals surface area (Å²) in [5.74, 6) is -0.249. The standard InChI is InChI=1S/C22H22ClN3O2/c1-15-8-7-12-20-24-18(14-26(15)20)21(28)25(2)22(13-6-5-11-19(22)27)16-9-3-4-10-17(16)23/h3-4,7-10,12,14H,5-6,11,13H2,1-2H3. The summed E-state index contributed by atoms with van der Waals surface area (Å²) < 4.78 is 1.88. The first-order valence-corrected chi connectivity index (χ1v) is 9.84. The van der Waals surface area contributed by atoms with Gasteiger partial charge in [0.2, 0.25) is 0 Å². The number of likely N-dealkylation sites (N-methyl/N-ethyl adjacent to an activating group) is 1. The zero-order valence-corrected chi connectivity index (χ0v) is 16.7. The number of benzene rings is 1. The van der Waals surface area contributed by atoms with E-state index in [4.69, 9.17) is 11.6 Å². The Labute approximate surface area is 168 Å². The molecule has 28 heavy (non-hydrogen) atoms. The van der Waals surface area contributed by atoms with Crippen molar-refractivity contribution in [3.63, 3.8) is 0 Å². The van der Waals surface area contributed by atoms with Crippen LogP contribution in [-0.2, 0) is 10.3 Å². The number of aromatic nitrogens is 2. The van der Waals surface area contributed by atoms with E-state index in [2.05, 4.69) is 4.98 Å². The van der Waals surface area contributed by atoms with Crippen molar-refractivity contribution < 1.29 is 9.59 Å². The van der Waals surface area contributed by atoms with Crippen LogP contribution in [0.3, 0.4) is 0 Å². The minimum Gasteiger partial charge on any atom is -0.323 e. The monoisotopic (exact) mass is 395 g/mol. The molecule has 1 fully saturated rings. The predicted molar refractivity (Wildman–Crippen MR) is 109 cm³/mol. The molecule has 0 radical (unpaired) electrons. The Morgan fingerprint density at radius 2 is 1.96 bits per heavy atom. The van der Waals surface area contributed by atoms with E-state index in [1.54, 1.807) is 24.2 Å². The number of hydrogen-bond donors (Lipinski definition) is 0. The van der Waals surface area contributed by atoms with Crippen molar-refractivity contribution in [2.75, 3.05) is 7.05 Å². The molecule has 6 heteroatoms. The molecule has 1 amide bonds. The molecule has 144 valence electrons. The second-order valence-electron chi connectivity index (χ2n) is 7.36. The second kappa shape index (κ2) is 7.06. The number of fused-ring (bicyclic) bond motifs is 1. The van der Waals surface area contributed by atoms with E-state index >= 15 is 0 Å². The minimum absolute atomic E-state index is 0.0302. The van der Waals surface area contributed by atoms with Crippen molar-refractivity contribution in [1.29, 1.82) is 0 Å². The van der Waals surface area contributed by atoms with Crippen LogP contribution in [0.25, 0.3) is 5.65 Å². The number of amides is 1. The third-order valence-electron chi connectivity index (χ3n) is 5.77. The lowest BCUT2D eigenvalue weighted by atomic mass is 9.74. The molecular weight excluding hydrogens is 374 g/mol. The predicted octanol–water partition coefficient (Wildman–Crippen LogP) is 4.41. The highest BCUT2D eigenvalue weighted by atomic mass is 35.5. The Balaban J connectivity index is 1.82. The third-order valence-corrected chi connectivity index (χ3v) is 6.09. The van der Waals surface area contributed by atoms with Gasteiger partial charge in [-0.05, 0) is 44.4 Å². The highest BCUT2D eigenvalue weighted by molar-refractivity contribution is 6.31. The normalized spacial score (nSPS) is 19.8. The molecule has 4 rings (SSSR count). The molecule has 1 aliphatic carbocycles. The van der Waals surface area contributed by atoms with E-state index in [-0.39, 0.29) is 11.7 Å². The third kappa shape index (κ3) is 2.81. The van der Waals surface area contributed by atoms with Crippen LogP contribution < -0.4 is 0 Å². The van der Waals surface area contributed by atoms with Crippen molar-refractivity contribution >= 4 is 28.9 Å². The summed E-state index contributed by atoms with van der Waals surface area (Å²) in [6.45, 7) is 1.96. The molecule has 0 aliphatic heterocycles. The van der Waals surface area contributed by atoms with Gasteiger partial charge in [0.25, 0.3) is 5.91 Å². The van der Waals surface area contributed by atoms with Crippen LogP contribution in [0.15, 0.2) is 48.7 Å². The van der Waals surface area contributed by atoms with E-state index in [1.165, 1.54) is 0 Å². The maximum absolute atomic E-state index is 13.4. The molecule has 0 saturated heterocycles. The van der Waals surface area contributed by atoms with Crippen LogP contribution in [0, 0.1) is 6.92 Å². The molecular formula is C22H22ClN3O2. The summed E-state index contributed by atoms with van der Waals surface area (Å²) in [4.78, 5) is 32.6. The summed E-state index contributed by atoms with van der Waals surface area (Å²) in [5.41, 5.74) is 1.65. The highest BCUT2D eigenvalue weighted by Crippen LogP contribution is 2.42. The number of carbonyl (C=O) groups is 2. The van der Waals surface area contributed by atoms with Gasteiger partial charge in [-0.1, -0.05) is 35.9 Å². The van der Waals surface area contributed by atoms with Crippen LogP contribution in [0.5, 0.6) is 0 Å². The van der Waals surface area contributed by atoms with E-state index in [0.717, 1.165) is 18.5 Å². The van der Waals surface area contributed by atoms with Gasteiger partial charge in [-0.3, -0.25) is 9.59 Å². The van der Waals surface area contributed by atoms with Crippen molar-refractivity contribution in [2.45, 2.75) is 38.1 Å². The van der Waals surface area contributed by atoms with Gasteiger partial charge in [0.1, 0.15) is 16.9 Å². The van der Waals surface area contributed by atoms with Gasteiger partial charge in [-0.2, -0.15) is 0 Å². The van der Waals surface area contributed by atoms with Gasteiger partial charge in [0, 0.05) is 35.9 Å². The smallest absolute Gasteiger partial charge is 0.274 e. The first-order chi connectivity index (χ1) is 13.4. The zero-order valence-electron chi connectivity index (χ0n) is 16.0. The lowest BCUT2D eigenvalue weighted by Crippen LogP contribution is -2.54. The summed E-state index contributed by atoms with van der Waals surface area (Å²) in [5, 5.41) is 0.503. The Morgan fingerprint density at radius 1 is 1.18 bits per heavy atom. The van der Waals surface area contributed by atoms with Gasteiger partial charge < -0.3 is 9.30 Å². The Morgan fingerprint density at radius 3 is 2.68 bits per heavy atom. The fraction of sp³-hybridized carbons (Fsp3) is 0.318. The number of aryl methyl sites for hydroxylation is 1. The molecule has 0 spiro atoms. The first-order valence-electron chi connectivity index (χ1n) is 9.46. The number of ketones is 1. The SMILES string of the molecule is Cc1cccc2nc(C(=O)N(C)C3(c4ccccc4Cl)CCCCC3=O)cn12. The van der Waals surface area contributed by atoms with E-state index in [9.17, 15) is 9.59 Å². The van der Waals surface area contributed by atoms with Gasteiger partial charge in [-0.15, -0.1) is 0 Å². The minimum atomic E-state index is -1.06. The summed E-state index contributed by atoms with van der Waals surface area (Å²) >= 11 is 6.48. The molecule has 1 unspecified atom stereocenters. The number of hydrogen-bond acceptors (Lipinski definition) is 3. The van der Waals surface area contributed by atoms with E-state index in [0.29, 0.717) is 34.8 Å². The average molecular weight is 396 g/mol. The highest BCUT2D eigenvalue weighted by Gasteiger charge is 2.48. The molecule has 0 N–H and O–H groups in total. The van der Waals surface area contributed by atoms with E-state index in [1.807, 2.05) is 47.7 Å². The number of nitrogens with zero attached hydrogens (tertiary/aromatic N) is 3. The zero-order chi connectivity index (χ0) is 19.9. The van der Waals surface area contributed by atoms with Gasteiger partial charge in [-0.25, -0.2) is 4.98 Å². The van der Waals surface area contributed by atoms with Crippen LogP contribution in [0.4, 0.5) is 0 Å². The number of pyridine rings is 1. The summed E-state index contributed by atoms with van der Waals surface area (Å²) in [7, 11) is 1.69. The van der Waals surface area contributed by atoms with Gasteiger partial charge in [0.15, 0.2) is 5.78 Å². The molecule has 2 aromatic heterocycles. The Bertz CT molecular complexity index is 1070. The maximum Gasteiger partial charge on any atom is 0.274 e. The molecule has 2 heterocycles. The van der Waals surface area contributed by atoms with E-state index < -0.39 is 5.54 Å². The quantitative estimate of drug-likeness (QED) is 0.660. The van der Waals surface area contributed by atoms with Crippen molar-refractivity contribution in [1.82, 2.24) is 14.3 Å². The van der Waals surface area contributed by atoms with Crippen LogP contribution in [0.2, 0.25) is 5.02 Å². The number of Topliss-reactive ketones (excluding diaryl/α,β-unsaturated/α-hetero) is 1. The van der Waals surface area contributed by atoms with Crippen molar-refractivity contribution in [3.8, 4) is 0 Å². The van der Waals surface area contributed by atoms with Crippen LogP contribution in [-0.4, -0.2) is 33.0 Å². The maximum atomic E-state index is 13.4. The summed E-state index contributed by atoms with van der Waals surface area (Å²) in [6, 6.07) is 13.0. The molecule has 5 nitrogen and oxygen atoms in total. The van der Waals surface area contributed by atoms with Crippen LogP contribution in [0.1, 0.15) is 47.4 Å². The molecule has 1 atom stereocenters. The lowest BCUT2D eigenvalue weighted by Gasteiger charge is -2.43. The first kappa shape index (κ1) is 18.7. The lowest BCUT2D eigenvalue weighted by molar-refractivity contribution is -0.132. The molecule has 1 aromatic carbocycles. The Kier molecular flexibility index (Phi) is 4.71. The number of carbonyl (C=O) groups excluding carboxylic acids is 2. The van der Waals surface area contributed by atoms with Crippen molar-refractivity contribution in [2.24, 2.45) is 0 Å². The summed E-state index contributed by atoms with van der Waals surface area (Å²) in [6.07, 6.45) is 4.42. The molecule has 1 saturated carbocycles. The second-order valence-corrected chi connectivity index (χ2v) is 7.76. The fourth-order valence-corrected chi connectivity index (χ4v) is 4.52. The van der Waals surface area contributed by atoms with Gasteiger partial charge in [0.05, 0.1) is 0 Å². The van der Waals surface area contributed by atoms with Crippen molar-refractivity contribution in [3.05, 3.63) is 70.6 Å². The number of imidazole rings is 1. The van der Waals surface area contributed by atoms with Gasteiger partial charge >= 0.3 is 0 Å². The average Bonchev–Trinajstić information content (AvgIpc) is 3.14. The fourth-order valence-electron chi connectivity index (χ4n) is 4.23.